The number of aryl methyl sites for hydroxylation is 1. The Hall–Kier alpha value is -3.45. The molecule has 0 aliphatic carbocycles. The number of nitrogens with zero attached hydrogens (tertiary/aromatic N) is 2. The smallest absolute Gasteiger partial charge is 0.317 e. The SMILES string of the molecule is Cc1cccc(N2C(=O)NC(=O)/C(=C\c3cccn3-c3ccc(Br)cc3)C2=O)c1C. The molecular formula is C23H18BrN3O3. The molecule has 1 saturated heterocycles. The lowest BCUT2D eigenvalue weighted by Crippen LogP contribution is -2.54. The second kappa shape index (κ2) is 7.76. The number of barbiturate groups is 1. The maximum absolute atomic E-state index is 13.2. The summed E-state index contributed by atoms with van der Waals surface area (Å²) in [6.07, 6.45) is 3.35. The molecule has 150 valence electrons. The van der Waals surface area contributed by atoms with Crippen LogP contribution in [0.4, 0.5) is 10.5 Å². The van der Waals surface area contributed by atoms with Crippen molar-refractivity contribution in [2.45, 2.75) is 13.8 Å². The Morgan fingerprint density at radius 3 is 2.40 bits per heavy atom. The van der Waals surface area contributed by atoms with Crippen LogP contribution in [0.15, 0.2) is 70.8 Å². The summed E-state index contributed by atoms with van der Waals surface area (Å²) >= 11 is 3.41. The van der Waals surface area contributed by atoms with Gasteiger partial charge in [0, 0.05) is 22.1 Å². The Morgan fingerprint density at radius 1 is 0.933 bits per heavy atom. The van der Waals surface area contributed by atoms with E-state index in [2.05, 4.69) is 21.2 Å². The number of hydrogen-bond acceptors (Lipinski definition) is 3. The first kappa shape index (κ1) is 19.8. The van der Waals surface area contributed by atoms with Gasteiger partial charge in [0.2, 0.25) is 0 Å². The molecule has 1 N–H and O–H groups in total. The van der Waals surface area contributed by atoms with E-state index in [4.69, 9.17) is 0 Å². The van der Waals surface area contributed by atoms with Crippen molar-refractivity contribution in [3.8, 4) is 5.69 Å². The van der Waals surface area contributed by atoms with Crippen LogP contribution in [-0.2, 0) is 9.59 Å². The first-order valence-electron chi connectivity index (χ1n) is 9.28. The molecular weight excluding hydrogens is 446 g/mol. The van der Waals surface area contributed by atoms with Gasteiger partial charge in [0.15, 0.2) is 0 Å². The summed E-state index contributed by atoms with van der Waals surface area (Å²) in [6.45, 7) is 3.74. The van der Waals surface area contributed by atoms with E-state index in [0.29, 0.717) is 11.4 Å². The van der Waals surface area contributed by atoms with Crippen LogP contribution in [0.2, 0.25) is 0 Å². The van der Waals surface area contributed by atoms with Crippen molar-refractivity contribution in [1.29, 1.82) is 0 Å². The van der Waals surface area contributed by atoms with Crippen LogP contribution in [-0.4, -0.2) is 22.4 Å². The van der Waals surface area contributed by atoms with Gasteiger partial charge in [-0.3, -0.25) is 14.9 Å². The first-order chi connectivity index (χ1) is 14.4. The monoisotopic (exact) mass is 463 g/mol. The third-order valence-electron chi connectivity index (χ3n) is 5.10. The quantitative estimate of drug-likeness (QED) is 0.458. The van der Waals surface area contributed by atoms with E-state index < -0.39 is 17.8 Å². The van der Waals surface area contributed by atoms with Gasteiger partial charge in [0.25, 0.3) is 11.8 Å². The molecule has 1 fully saturated rings. The molecule has 0 saturated carbocycles. The highest BCUT2D eigenvalue weighted by atomic mass is 79.9. The van der Waals surface area contributed by atoms with Gasteiger partial charge >= 0.3 is 6.03 Å². The van der Waals surface area contributed by atoms with Crippen molar-refractivity contribution in [2.24, 2.45) is 0 Å². The van der Waals surface area contributed by atoms with Crippen LogP contribution in [0.5, 0.6) is 0 Å². The normalized spacial score (nSPS) is 15.6. The molecule has 2 heterocycles. The van der Waals surface area contributed by atoms with Crippen LogP contribution in [0.1, 0.15) is 16.8 Å². The minimum absolute atomic E-state index is 0.104. The fourth-order valence-corrected chi connectivity index (χ4v) is 3.61. The fraction of sp³-hybridized carbons (Fsp3) is 0.0870. The average molecular weight is 464 g/mol. The number of imide groups is 2. The number of halogens is 1. The number of anilines is 1. The Balaban J connectivity index is 1.77. The number of amides is 4. The molecule has 1 aliphatic heterocycles. The van der Waals surface area contributed by atoms with Gasteiger partial charge in [-0.05, 0) is 73.5 Å². The second-order valence-electron chi connectivity index (χ2n) is 6.96. The van der Waals surface area contributed by atoms with E-state index >= 15 is 0 Å². The molecule has 0 spiro atoms. The molecule has 0 unspecified atom stereocenters. The molecule has 6 nitrogen and oxygen atoms in total. The molecule has 1 aromatic heterocycles. The molecule has 0 bridgehead atoms. The van der Waals surface area contributed by atoms with Crippen molar-refractivity contribution in [2.75, 3.05) is 4.90 Å². The summed E-state index contributed by atoms with van der Waals surface area (Å²) in [6, 6.07) is 15.9. The van der Waals surface area contributed by atoms with E-state index in [9.17, 15) is 14.4 Å². The third-order valence-corrected chi connectivity index (χ3v) is 5.62. The van der Waals surface area contributed by atoms with E-state index in [1.54, 1.807) is 18.2 Å². The van der Waals surface area contributed by atoms with Crippen LogP contribution in [0, 0.1) is 13.8 Å². The van der Waals surface area contributed by atoms with Crippen molar-refractivity contribution in [1.82, 2.24) is 9.88 Å². The molecule has 4 rings (SSSR count). The topological polar surface area (TPSA) is 71.4 Å². The number of hydrogen-bond donors (Lipinski definition) is 1. The second-order valence-corrected chi connectivity index (χ2v) is 7.87. The van der Waals surface area contributed by atoms with Gasteiger partial charge in [-0.2, -0.15) is 0 Å². The Kier molecular flexibility index (Phi) is 5.13. The summed E-state index contributed by atoms with van der Waals surface area (Å²) in [4.78, 5) is 39.2. The van der Waals surface area contributed by atoms with Gasteiger partial charge in [-0.15, -0.1) is 0 Å². The zero-order chi connectivity index (χ0) is 21.4. The number of rotatable bonds is 3. The zero-order valence-electron chi connectivity index (χ0n) is 16.3. The van der Waals surface area contributed by atoms with Crippen LogP contribution < -0.4 is 10.2 Å². The predicted molar refractivity (Wildman–Crippen MR) is 118 cm³/mol. The van der Waals surface area contributed by atoms with Crippen molar-refractivity contribution in [3.63, 3.8) is 0 Å². The summed E-state index contributed by atoms with van der Waals surface area (Å²) < 4.78 is 2.81. The van der Waals surface area contributed by atoms with Crippen molar-refractivity contribution < 1.29 is 14.4 Å². The van der Waals surface area contributed by atoms with Crippen LogP contribution in [0.3, 0.4) is 0 Å². The third kappa shape index (κ3) is 3.48. The Labute approximate surface area is 181 Å². The van der Waals surface area contributed by atoms with Crippen LogP contribution >= 0.6 is 15.9 Å². The zero-order valence-corrected chi connectivity index (χ0v) is 17.9. The average Bonchev–Trinajstić information content (AvgIpc) is 3.17. The number of benzene rings is 2. The maximum atomic E-state index is 13.2. The lowest BCUT2D eigenvalue weighted by molar-refractivity contribution is -0.122. The number of carbonyl (C=O) groups is 3. The maximum Gasteiger partial charge on any atom is 0.335 e. The minimum Gasteiger partial charge on any atom is -0.317 e. The van der Waals surface area contributed by atoms with Crippen molar-refractivity contribution in [3.05, 3.63) is 87.7 Å². The molecule has 30 heavy (non-hydrogen) atoms. The van der Waals surface area contributed by atoms with E-state index in [1.807, 2.05) is 61.0 Å². The molecule has 2 aromatic carbocycles. The first-order valence-corrected chi connectivity index (χ1v) is 10.1. The lowest BCUT2D eigenvalue weighted by atomic mass is 10.0. The van der Waals surface area contributed by atoms with E-state index in [0.717, 1.165) is 26.2 Å². The molecule has 7 heteroatoms. The largest absolute Gasteiger partial charge is 0.335 e. The molecule has 1 aliphatic rings. The highest BCUT2D eigenvalue weighted by molar-refractivity contribution is 9.10. The van der Waals surface area contributed by atoms with Crippen LogP contribution in [0.25, 0.3) is 11.8 Å². The number of urea groups is 1. The van der Waals surface area contributed by atoms with E-state index in [1.165, 1.54) is 6.08 Å². The Bertz CT molecular complexity index is 1210. The summed E-state index contributed by atoms with van der Waals surface area (Å²) in [5.74, 6) is -1.36. The fourth-order valence-electron chi connectivity index (χ4n) is 3.35. The lowest BCUT2D eigenvalue weighted by Gasteiger charge is -2.28. The number of aromatic nitrogens is 1. The minimum atomic E-state index is -0.751. The van der Waals surface area contributed by atoms with Crippen molar-refractivity contribution >= 4 is 45.5 Å². The summed E-state index contributed by atoms with van der Waals surface area (Å²) in [5, 5.41) is 2.28. The molecule has 0 radical (unpaired) electrons. The standard InChI is InChI=1S/C23H18BrN3O3/c1-14-5-3-7-20(15(14)2)27-22(29)19(21(28)25-23(27)30)13-18-6-4-12-26(18)17-10-8-16(24)9-11-17/h3-13H,1-2H3,(H,25,28,30)/b19-13+. The van der Waals surface area contributed by atoms with E-state index in [-0.39, 0.29) is 5.57 Å². The highest BCUT2D eigenvalue weighted by Crippen LogP contribution is 2.27. The molecule has 0 atom stereocenters. The van der Waals surface area contributed by atoms with Gasteiger partial charge in [0.1, 0.15) is 5.57 Å². The van der Waals surface area contributed by atoms with Gasteiger partial charge in [-0.1, -0.05) is 28.1 Å². The number of carbonyl (C=O) groups excluding carboxylic acids is 3. The van der Waals surface area contributed by atoms with Gasteiger partial charge < -0.3 is 4.57 Å². The van der Waals surface area contributed by atoms with Gasteiger partial charge in [-0.25, -0.2) is 9.69 Å². The molecule has 4 amide bonds. The highest BCUT2D eigenvalue weighted by Gasteiger charge is 2.37. The summed E-state index contributed by atoms with van der Waals surface area (Å²) in [5.41, 5.74) is 3.62. The van der Waals surface area contributed by atoms with Gasteiger partial charge in [0.05, 0.1) is 5.69 Å². The molecule has 3 aromatic rings. The number of nitrogens with one attached hydrogen (secondary N) is 1. The Morgan fingerprint density at radius 2 is 1.67 bits per heavy atom. The summed E-state index contributed by atoms with van der Waals surface area (Å²) in [7, 11) is 0. The predicted octanol–water partition coefficient (Wildman–Crippen LogP) is 4.52.